The molecule has 2 aromatic carbocycles. The molecule has 0 fully saturated rings. The third kappa shape index (κ3) is 4.62. The van der Waals surface area contributed by atoms with E-state index in [1.165, 1.54) is 7.05 Å². The molecule has 3 rings (SSSR count). The molecule has 3 amide bonds. The van der Waals surface area contributed by atoms with Crippen LogP contribution in [0.2, 0.25) is 0 Å². The van der Waals surface area contributed by atoms with Gasteiger partial charge in [-0.1, -0.05) is 60.7 Å². The molecule has 0 unspecified atom stereocenters. The Labute approximate surface area is 157 Å². The second kappa shape index (κ2) is 8.82. The van der Waals surface area contributed by atoms with Crippen LogP contribution in [-0.4, -0.2) is 19.0 Å². The molecule has 0 saturated heterocycles. The lowest BCUT2D eigenvalue weighted by Gasteiger charge is -2.21. The number of benzene rings is 2. The number of quaternary nitrogens is 1. The summed E-state index contributed by atoms with van der Waals surface area (Å²) in [5.74, 6) is 0.336. The van der Waals surface area contributed by atoms with Crippen LogP contribution in [0.25, 0.3) is 0 Å². The van der Waals surface area contributed by atoms with Crippen LogP contribution in [0.1, 0.15) is 29.0 Å². The van der Waals surface area contributed by atoms with Gasteiger partial charge in [0.1, 0.15) is 0 Å². The molecule has 0 saturated carbocycles. The molecule has 3 aromatic rings. The van der Waals surface area contributed by atoms with E-state index in [9.17, 15) is 9.59 Å². The van der Waals surface area contributed by atoms with E-state index in [1.54, 1.807) is 6.26 Å². The summed E-state index contributed by atoms with van der Waals surface area (Å²) in [6.07, 6.45) is 1.61. The number of carbonyl (C=O) groups is 2. The minimum absolute atomic E-state index is 0.234. The number of hydrogen-bond acceptors (Lipinski definition) is 3. The predicted octanol–water partition coefficient (Wildman–Crippen LogP) is 2.13. The Bertz CT molecular complexity index is 864. The van der Waals surface area contributed by atoms with E-state index in [1.807, 2.05) is 78.1 Å². The van der Waals surface area contributed by atoms with Gasteiger partial charge in [-0.25, -0.2) is 4.79 Å². The molecule has 27 heavy (non-hydrogen) atoms. The van der Waals surface area contributed by atoms with Crippen molar-refractivity contribution in [3.63, 3.8) is 0 Å². The molecular weight excluding hydrogens is 342 g/mol. The summed E-state index contributed by atoms with van der Waals surface area (Å²) in [6.45, 7) is 0. The lowest BCUT2D eigenvalue weighted by molar-refractivity contribution is -0.715. The molecular formula is C21H22N3O3+. The second-order valence-electron chi connectivity index (χ2n) is 6.05. The van der Waals surface area contributed by atoms with E-state index in [-0.39, 0.29) is 6.04 Å². The van der Waals surface area contributed by atoms with Crippen LogP contribution in [0.15, 0.2) is 83.5 Å². The molecule has 0 bridgehead atoms. The highest BCUT2D eigenvalue weighted by molar-refractivity contribution is 5.96. The van der Waals surface area contributed by atoms with Gasteiger partial charge in [0.2, 0.25) is 0 Å². The fraction of sp³-hybridized carbons (Fsp3) is 0.143. The Morgan fingerprint density at radius 3 is 2.07 bits per heavy atom. The number of carbonyl (C=O) groups excluding carboxylic acids is 2. The first-order valence-electron chi connectivity index (χ1n) is 8.70. The minimum Gasteiger partial charge on any atom is -0.463 e. The third-order valence-corrected chi connectivity index (χ3v) is 4.30. The van der Waals surface area contributed by atoms with Gasteiger partial charge in [-0.15, -0.1) is 0 Å². The maximum atomic E-state index is 12.8. The van der Waals surface area contributed by atoms with Crippen LogP contribution in [-0.2, 0) is 4.79 Å². The largest absolute Gasteiger partial charge is 0.463 e. The fourth-order valence-corrected chi connectivity index (χ4v) is 2.95. The van der Waals surface area contributed by atoms with Gasteiger partial charge in [-0.3, -0.25) is 10.1 Å². The fourth-order valence-electron chi connectivity index (χ4n) is 2.95. The topological polar surface area (TPSA) is 88.0 Å². The number of imide groups is 1. The van der Waals surface area contributed by atoms with E-state index in [2.05, 4.69) is 10.6 Å². The highest BCUT2D eigenvalue weighted by atomic mass is 16.3. The molecule has 138 valence electrons. The third-order valence-electron chi connectivity index (χ3n) is 4.30. The van der Waals surface area contributed by atoms with Gasteiger partial charge in [-0.2, -0.15) is 0 Å². The summed E-state index contributed by atoms with van der Waals surface area (Å²) < 4.78 is 5.63. The minimum atomic E-state index is -0.626. The first-order chi connectivity index (χ1) is 13.2. The number of amides is 3. The molecule has 6 heteroatoms. The van der Waals surface area contributed by atoms with Crippen molar-refractivity contribution in [1.29, 1.82) is 0 Å². The van der Waals surface area contributed by atoms with Crippen LogP contribution in [0.5, 0.6) is 0 Å². The Hall–Kier alpha value is -3.38. The molecule has 6 nitrogen and oxygen atoms in total. The average Bonchev–Trinajstić information content (AvgIpc) is 3.24. The van der Waals surface area contributed by atoms with Crippen LogP contribution in [0, 0.1) is 0 Å². The summed E-state index contributed by atoms with van der Waals surface area (Å²) in [6, 6.07) is 21.5. The zero-order valence-corrected chi connectivity index (χ0v) is 15.0. The Morgan fingerprint density at radius 2 is 1.52 bits per heavy atom. The maximum Gasteiger partial charge on any atom is 0.321 e. The zero-order chi connectivity index (χ0) is 19.1. The van der Waals surface area contributed by atoms with Crippen molar-refractivity contribution in [2.75, 3.05) is 7.05 Å². The van der Waals surface area contributed by atoms with Crippen molar-refractivity contribution in [2.24, 2.45) is 0 Å². The Kier molecular flexibility index (Phi) is 6.02. The molecule has 1 aromatic heterocycles. The standard InChI is InChI=1S/C21H21N3O3/c1-22-21(26)24-20(25)19(16-11-6-3-7-12-16)23-18(17-13-8-14-27-17)15-9-4-2-5-10-15/h2-14,18-19,23H,1H3,(H2,22,24,25,26)/p+1/t18-,19-/m1/s1. The first kappa shape index (κ1) is 18.4. The number of urea groups is 1. The van der Waals surface area contributed by atoms with Crippen molar-refractivity contribution in [2.45, 2.75) is 12.1 Å². The molecule has 1 heterocycles. The van der Waals surface area contributed by atoms with Gasteiger partial charge in [0, 0.05) is 18.2 Å². The lowest BCUT2D eigenvalue weighted by Crippen LogP contribution is -2.88. The van der Waals surface area contributed by atoms with Crippen LogP contribution in [0.3, 0.4) is 0 Å². The SMILES string of the molecule is CNC(=O)NC(=O)[C@H]([NH2+][C@H](c1ccccc1)c1ccco1)c1ccccc1. The van der Waals surface area contributed by atoms with Crippen LogP contribution < -0.4 is 16.0 Å². The van der Waals surface area contributed by atoms with Gasteiger partial charge in [0.05, 0.1) is 6.26 Å². The summed E-state index contributed by atoms with van der Waals surface area (Å²) >= 11 is 0. The quantitative estimate of drug-likeness (QED) is 0.626. The van der Waals surface area contributed by atoms with Crippen molar-refractivity contribution in [3.05, 3.63) is 95.9 Å². The van der Waals surface area contributed by atoms with Crippen molar-refractivity contribution < 1.29 is 19.3 Å². The number of hydrogen-bond donors (Lipinski definition) is 3. The second-order valence-corrected chi connectivity index (χ2v) is 6.05. The van der Waals surface area contributed by atoms with Gasteiger partial charge < -0.3 is 15.1 Å². The lowest BCUT2D eigenvalue weighted by atomic mass is 10.00. The van der Waals surface area contributed by atoms with E-state index in [4.69, 9.17) is 4.42 Å². The monoisotopic (exact) mass is 364 g/mol. The van der Waals surface area contributed by atoms with Crippen molar-refractivity contribution in [3.8, 4) is 0 Å². The van der Waals surface area contributed by atoms with Gasteiger partial charge in [-0.05, 0) is 12.1 Å². The van der Waals surface area contributed by atoms with Crippen molar-refractivity contribution in [1.82, 2.24) is 10.6 Å². The molecule has 0 aliphatic carbocycles. The summed E-state index contributed by atoms with van der Waals surface area (Å²) in [4.78, 5) is 24.5. The van der Waals surface area contributed by atoms with E-state index < -0.39 is 18.0 Å². The van der Waals surface area contributed by atoms with E-state index >= 15 is 0 Å². The predicted molar refractivity (Wildman–Crippen MR) is 101 cm³/mol. The molecule has 0 radical (unpaired) electrons. The molecule has 0 aliphatic heterocycles. The van der Waals surface area contributed by atoms with Gasteiger partial charge >= 0.3 is 6.03 Å². The number of nitrogens with two attached hydrogens (primary N) is 1. The molecule has 0 aliphatic rings. The summed E-state index contributed by atoms with van der Waals surface area (Å²) in [5, 5.41) is 6.70. The molecule has 2 atom stereocenters. The smallest absolute Gasteiger partial charge is 0.321 e. The van der Waals surface area contributed by atoms with Gasteiger partial charge in [0.15, 0.2) is 17.8 Å². The van der Waals surface area contributed by atoms with Crippen LogP contribution >= 0.6 is 0 Å². The zero-order valence-electron chi connectivity index (χ0n) is 15.0. The molecule has 0 spiro atoms. The Morgan fingerprint density at radius 1 is 0.889 bits per heavy atom. The van der Waals surface area contributed by atoms with Gasteiger partial charge in [0.25, 0.3) is 5.91 Å². The first-order valence-corrected chi connectivity index (χ1v) is 8.70. The normalized spacial score (nSPS) is 12.8. The van der Waals surface area contributed by atoms with E-state index in [0.717, 1.165) is 16.9 Å². The average molecular weight is 364 g/mol. The summed E-state index contributed by atoms with van der Waals surface area (Å²) in [5.41, 5.74) is 1.80. The Balaban J connectivity index is 1.95. The van der Waals surface area contributed by atoms with Crippen LogP contribution in [0.4, 0.5) is 4.79 Å². The maximum absolute atomic E-state index is 12.8. The summed E-state index contributed by atoms with van der Waals surface area (Å²) in [7, 11) is 1.47. The van der Waals surface area contributed by atoms with E-state index in [0.29, 0.717) is 0 Å². The number of furan rings is 1. The highest BCUT2D eigenvalue weighted by Crippen LogP contribution is 2.21. The van der Waals surface area contributed by atoms with Crippen molar-refractivity contribution >= 4 is 11.9 Å². The number of nitrogens with one attached hydrogen (secondary N) is 2. The number of rotatable bonds is 6. The molecule has 4 N–H and O–H groups in total. The highest BCUT2D eigenvalue weighted by Gasteiger charge is 2.31.